The number of rotatable bonds is 10. The quantitative estimate of drug-likeness (QED) is 0.427. The Morgan fingerprint density at radius 2 is 1.55 bits per heavy atom. The Balaban J connectivity index is 2.71. The maximum atomic E-state index is 6.24. The van der Waals surface area contributed by atoms with E-state index in [2.05, 4.69) is 20.8 Å². The van der Waals surface area contributed by atoms with Gasteiger partial charge in [0.15, 0.2) is 0 Å². The standard InChI is InChI=1S/C17H30ClNS/c1-5-7-9-11-13-17(4,12-10-8-6-2)16-19-14(3)15(18)20-16/h5-13H2,1-4H3. The summed E-state index contributed by atoms with van der Waals surface area (Å²) in [4.78, 5) is 4.75. The molecule has 1 nitrogen and oxygen atoms in total. The van der Waals surface area contributed by atoms with Gasteiger partial charge < -0.3 is 0 Å². The van der Waals surface area contributed by atoms with E-state index < -0.39 is 0 Å². The highest BCUT2D eigenvalue weighted by atomic mass is 35.5. The third kappa shape index (κ3) is 5.37. The number of hydrogen-bond acceptors (Lipinski definition) is 2. The van der Waals surface area contributed by atoms with Gasteiger partial charge in [0, 0.05) is 5.41 Å². The molecular formula is C17H30ClNS. The molecule has 0 aliphatic rings. The van der Waals surface area contributed by atoms with Gasteiger partial charge in [-0.25, -0.2) is 4.98 Å². The largest absolute Gasteiger partial charge is 0.244 e. The second-order valence-electron chi connectivity index (χ2n) is 6.21. The van der Waals surface area contributed by atoms with Crippen molar-refractivity contribution in [3.63, 3.8) is 0 Å². The fourth-order valence-corrected chi connectivity index (χ4v) is 3.94. The maximum Gasteiger partial charge on any atom is 0.116 e. The second-order valence-corrected chi connectivity index (χ2v) is 7.81. The van der Waals surface area contributed by atoms with Crippen LogP contribution >= 0.6 is 22.9 Å². The molecule has 0 bridgehead atoms. The van der Waals surface area contributed by atoms with E-state index in [4.69, 9.17) is 16.6 Å². The van der Waals surface area contributed by atoms with Gasteiger partial charge in [0.05, 0.1) is 5.69 Å². The van der Waals surface area contributed by atoms with E-state index in [9.17, 15) is 0 Å². The zero-order valence-electron chi connectivity index (χ0n) is 13.6. The van der Waals surface area contributed by atoms with Crippen molar-refractivity contribution >= 4 is 22.9 Å². The molecule has 1 unspecified atom stereocenters. The van der Waals surface area contributed by atoms with E-state index in [1.807, 2.05) is 6.92 Å². The lowest BCUT2D eigenvalue weighted by Gasteiger charge is -2.27. The minimum absolute atomic E-state index is 0.228. The van der Waals surface area contributed by atoms with Gasteiger partial charge in [-0.1, -0.05) is 77.3 Å². The SMILES string of the molecule is CCCCCCC(C)(CCCCC)c1nc(C)c(Cl)s1. The van der Waals surface area contributed by atoms with Crippen LogP contribution in [0.2, 0.25) is 4.34 Å². The summed E-state index contributed by atoms with van der Waals surface area (Å²) in [7, 11) is 0. The number of unbranched alkanes of at least 4 members (excludes halogenated alkanes) is 5. The van der Waals surface area contributed by atoms with E-state index in [0.29, 0.717) is 0 Å². The summed E-state index contributed by atoms with van der Waals surface area (Å²) in [6.07, 6.45) is 11.7. The molecule has 0 fully saturated rings. The van der Waals surface area contributed by atoms with Crippen LogP contribution in [0.15, 0.2) is 0 Å². The third-order valence-electron chi connectivity index (χ3n) is 4.17. The Morgan fingerprint density at radius 3 is 2.05 bits per heavy atom. The molecule has 0 aliphatic heterocycles. The molecular weight excluding hydrogens is 286 g/mol. The maximum absolute atomic E-state index is 6.24. The van der Waals surface area contributed by atoms with E-state index in [1.165, 1.54) is 62.8 Å². The molecule has 3 heteroatoms. The van der Waals surface area contributed by atoms with Gasteiger partial charge in [-0.15, -0.1) is 11.3 Å². The average Bonchev–Trinajstić information content (AvgIpc) is 2.76. The Morgan fingerprint density at radius 1 is 1.00 bits per heavy atom. The molecule has 116 valence electrons. The van der Waals surface area contributed by atoms with Gasteiger partial charge in [-0.05, 0) is 19.8 Å². The first-order valence-corrected chi connectivity index (χ1v) is 9.36. The van der Waals surface area contributed by atoms with Crippen molar-refractivity contribution in [3.8, 4) is 0 Å². The molecule has 0 amide bonds. The van der Waals surface area contributed by atoms with Crippen LogP contribution < -0.4 is 0 Å². The minimum atomic E-state index is 0.228. The summed E-state index contributed by atoms with van der Waals surface area (Å²) in [6.45, 7) is 8.95. The molecule has 0 spiro atoms. The Bertz CT molecular complexity index is 369. The number of hydrogen-bond donors (Lipinski definition) is 0. The molecule has 1 aromatic rings. The van der Waals surface area contributed by atoms with Crippen molar-refractivity contribution in [1.82, 2.24) is 4.98 Å². The van der Waals surface area contributed by atoms with E-state index in [1.54, 1.807) is 11.3 Å². The van der Waals surface area contributed by atoms with Crippen LogP contribution in [0.1, 0.15) is 89.3 Å². The number of thiazole rings is 1. The highest BCUT2D eigenvalue weighted by Crippen LogP contribution is 2.39. The van der Waals surface area contributed by atoms with Gasteiger partial charge in [0.25, 0.3) is 0 Å². The molecule has 0 radical (unpaired) electrons. The minimum Gasteiger partial charge on any atom is -0.244 e. The lowest BCUT2D eigenvalue weighted by atomic mass is 9.80. The summed E-state index contributed by atoms with van der Waals surface area (Å²) in [5, 5.41) is 1.26. The Hall–Kier alpha value is -0.0800. The van der Waals surface area contributed by atoms with Crippen LogP contribution in [0.25, 0.3) is 0 Å². The van der Waals surface area contributed by atoms with Crippen LogP contribution in [0.5, 0.6) is 0 Å². The van der Waals surface area contributed by atoms with Gasteiger partial charge >= 0.3 is 0 Å². The van der Waals surface area contributed by atoms with Crippen molar-refractivity contribution in [2.24, 2.45) is 0 Å². The van der Waals surface area contributed by atoms with Crippen LogP contribution in [0, 0.1) is 6.92 Å². The molecule has 0 saturated carbocycles. The fraction of sp³-hybridized carbons (Fsp3) is 0.824. The summed E-state index contributed by atoms with van der Waals surface area (Å²) in [5.74, 6) is 0. The Labute approximate surface area is 134 Å². The molecule has 1 atom stereocenters. The van der Waals surface area contributed by atoms with E-state index in [-0.39, 0.29) is 5.41 Å². The average molecular weight is 316 g/mol. The first-order valence-electron chi connectivity index (χ1n) is 8.17. The molecule has 0 N–H and O–H groups in total. The van der Waals surface area contributed by atoms with Crippen molar-refractivity contribution in [2.45, 2.75) is 90.9 Å². The summed E-state index contributed by atoms with van der Waals surface area (Å²) in [5.41, 5.74) is 1.23. The van der Waals surface area contributed by atoms with Gasteiger partial charge in [-0.2, -0.15) is 0 Å². The molecule has 0 aromatic carbocycles. The number of nitrogens with zero attached hydrogens (tertiary/aromatic N) is 1. The molecule has 20 heavy (non-hydrogen) atoms. The molecule has 0 aliphatic carbocycles. The highest BCUT2D eigenvalue weighted by molar-refractivity contribution is 7.16. The molecule has 1 aromatic heterocycles. The zero-order valence-corrected chi connectivity index (χ0v) is 15.2. The van der Waals surface area contributed by atoms with Crippen LogP contribution in [0.3, 0.4) is 0 Å². The topological polar surface area (TPSA) is 12.9 Å². The monoisotopic (exact) mass is 315 g/mol. The van der Waals surface area contributed by atoms with Crippen LogP contribution in [-0.2, 0) is 5.41 Å². The molecule has 1 rings (SSSR count). The lowest BCUT2D eigenvalue weighted by Crippen LogP contribution is -2.22. The van der Waals surface area contributed by atoms with Crippen molar-refractivity contribution in [2.75, 3.05) is 0 Å². The summed E-state index contributed by atoms with van der Waals surface area (Å²) < 4.78 is 0.871. The smallest absolute Gasteiger partial charge is 0.116 e. The fourth-order valence-electron chi connectivity index (χ4n) is 2.68. The number of aryl methyl sites for hydroxylation is 1. The first kappa shape index (κ1) is 18.0. The molecule has 0 saturated heterocycles. The Kier molecular flexibility index (Phi) is 8.13. The van der Waals surface area contributed by atoms with Crippen molar-refractivity contribution < 1.29 is 0 Å². The first-order chi connectivity index (χ1) is 9.53. The lowest BCUT2D eigenvalue weighted by molar-refractivity contribution is 0.364. The highest BCUT2D eigenvalue weighted by Gasteiger charge is 2.29. The summed E-state index contributed by atoms with van der Waals surface area (Å²) >= 11 is 7.93. The van der Waals surface area contributed by atoms with Crippen molar-refractivity contribution in [1.29, 1.82) is 0 Å². The van der Waals surface area contributed by atoms with Gasteiger partial charge in [0.1, 0.15) is 9.34 Å². The van der Waals surface area contributed by atoms with Crippen molar-refractivity contribution in [3.05, 3.63) is 15.0 Å². The van der Waals surface area contributed by atoms with Crippen LogP contribution in [0.4, 0.5) is 0 Å². The van der Waals surface area contributed by atoms with E-state index in [0.717, 1.165) is 10.0 Å². The second kappa shape index (κ2) is 9.04. The number of halogens is 1. The zero-order chi connectivity index (χ0) is 15.0. The number of aromatic nitrogens is 1. The van der Waals surface area contributed by atoms with Gasteiger partial charge in [0.2, 0.25) is 0 Å². The third-order valence-corrected chi connectivity index (χ3v) is 5.93. The van der Waals surface area contributed by atoms with Crippen LogP contribution in [-0.4, -0.2) is 4.98 Å². The van der Waals surface area contributed by atoms with E-state index >= 15 is 0 Å². The predicted molar refractivity (Wildman–Crippen MR) is 92.1 cm³/mol. The van der Waals surface area contributed by atoms with Gasteiger partial charge in [-0.3, -0.25) is 0 Å². The molecule has 1 heterocycles. The normalized spacial score (nSPS) is 14.4. The summed E-state index contributed by atoms with van der Waals surface area (Å²) in [6, 6.07) is 0. The predicted octanol–water partition coefficient (Wildman–Crippen LogP) is 6.91.